The van der Waals surface area contributed by atoms with E-state index in [1.54, 1.807) is 0 Å². The molecule has 4 aliphatic rings. The first-order valence-electron chi connectivity index (χ1n) is 7.92. The molecule has 0 aromatic heterocycles. The van der Waals surface area contributed by atoms with Gasteiger partial charge in [-0.05, 0) is 49.4 Å². The first-order chi connectivity index (χ1) is 9.20. The lowest BCUT2D eigenvalue weighted by Crippen LogP contribution is -2.50. The monoisotopic (exact) mass is 324 g/mol. The van der Waals surface area contributed by atoms with E-state index >= 15 is 0 Å². The highest BCUT2D eigenvalue weighted by Gasteiger charge is 2.61. The first-order valence-corrected chi connectivity index (χ1v) is 8.84. The van der Waals surface area contributed by atoms with Crippen LogP contribution in [-0.4, -0.2) is 16.4 Å². The van der Waals surface area contributed by atoms with Gasteiger partial charge in [0.05, 0.1) is 0 Å². The quantitative estimate of drug-likeness (QED) is 0.505. The van der Waals surface area contributed by atoms with Crippen LogP contribution >= 0.6 is 15.9 Å². The second kappa shape index (κ2) is 4.41. The minimum absolute atomic E-state index is 0.00868. The van der Waals surface area contributed by atoms with E-state index < -0.39 is 0 Å². The van der Waals surface area contributed by atoms with Gasteiger partial charge in [-0.3, -0.25) is 9.59 Å². The molecule has 4 fully saturated rings. The average Bonchev–Trinajstić information content (AvgIpc) is 2.70. The van der Waals surface area contributed by atoms with Crippen LogP contribution in [0.3, 0.4) is 0 Å². The van der Waals surface area contributed by atoms with Crippen molar-refractivity contribution in [3.63, 3.8) is 0 Å². The number of halogens is 1. The van der Waals surface area contributed by atoms with Gasteiger partial charge in [0.1, 0.15) is 0 Å². The third kappa shape index (κ3) is 1.60. The summed E-state index contributed by atoms with van der Waals surface area (Å²) in [7, 11) is 0. The predicted octanol–water partition coefficient (Wildman–Crippen LogP) is 3.37. The van der Waals surface area contributed by atoms with Crippen molar-refractivity contribution in [1.29, 1.82) is 0 Å². The largest absolute Gasteiger partial charge is 0.291 e. The third-order valence-corrected chi connectivity index (χ3v) is 7.82. The molecule has 104 valence electrons. The fourth-order valence-corrected chi connectivity index (χ4v) is 7.07. The van der Waals surface area contributed by atoms with Crippen LogP contribution in [0.25, 0.3) is 0 Å². The van der Waals surface area contributed by atoms with Gasteiger partial charge in [-0.15, -0.1) is 0 Å². The zero-order valence-electron chi connectivity index (χ0n) is 11.2. The third-order valence-electron chi connectivity index (χ3n) is 6.46. The van der Waals surface area contributed by atoms with Crippen molar-refractivity contribution in [2.24, 2.45) is 35.5 Å². The normalized spacial score (nSPS) is 52.8. The molecule has 7 unspecified atom stereocenters. The second-order valence-corrected chi connectivity index (χ2v) is 8.15. The van der Waals surface area contributed by atoms with Gasteiger partial charge in [0.25, 0.3) is 0 Å². The molecule has 4 rings (SSSR count). The summed E-state index contributed by atoms with van der Waals surface area (Å²) in [6.45, 7) is 0. The molecule has 0 saturated heterocycles. The maximum atomic E-state index is 12.5. The molecule has 0 spiro atoms. The number of carbonyl (C=O) groups excluding carboxylic acids is 2. The van der Waals surface area contributed by atoms with E-state index in [-0.39, 0.29) is 23.4 Å². The van der Waals surface area contributed by atoms with Crippen LogP contribution in [0.2, 0.25) is 0 Å². The topological polar surface area (TPSA) is 34.1 Å². The van der Waals surface area contributed by atoms with Crippen LogP contribution in [0.1, 0.15) is 44.9 Å². The minimum Gasteiger partial charge on any atom is -0.291 e. The highest BCUT2D eigenvalue weighted by molar-refractivity contribution is 9.09. The molecule has 2 nitrogen and oxygen atoms in total. The summed E-state index contributed by atoms with van der Waals surface area (Å²) in [5, 5.41) is 0. The fourth-order valence-electron chi connectivity index (χ4n) is 5.80. The summed E-state index contributed by atoms with van der Waals surface area (Å²) in [6.07, 6.45) is 8.31. The molecule has 3 heteroatoms. The Bertz CT molecular complexity index is 432. The fraction of sp³-hybridized carbons (Fsp3) is 0.875. The number of Topliss-reactive ketones (excluding diaryl/α,β-unsaturated/α-hetero) is 2. The Kier molecular flexibility index (Phi) is 2.91. The predicted molar refractivity (Wildman–Crippen MR) is 76.0 cm³/mol. The molecule has 0 aromatic rings. The number of ketones is 2. The van der Waals surface area contributed by atoms with Crippen molar-refractivity contribution in [2.75, 3.05) is 0 Å². The number of carbonyl (C=O) groups is 2. The van der Waals surface area contributed by atoms with E-state index in [4.69, 9.17) is 0 Å². The Hall–Kier alpha value is -0.180. The lowest BCUT2D eigenvalue weighted by Gasteiger charge is -2.52. The summed E-state index contributed by atoms with van der Waals surface area (Å²) < 4.78 is 0. The van der Waals surface area contributed by atoms with Crippen LogP contribution < -0.4 is 0 Å². The van der Waals surface area contributed by atoms with Crippen LogP contribution in [-0.2, 0) is 9.59 Å². The molecular formula is C16H21BrO2. The second-order valence-electron chi connectivity index (χ2n) is 7.09. The van der Waals surface area contributed by atoms with Gasteiger partial charge in [-0.1, -0.05) is 35.2 Å². The van der Waals surface area contributed by atoms with Gasteiger partial charge < -0.3 is 0 Å². The minimum atomic E-state index is -0.00868. The summed E-state index contributed by atoms with van der Waals surface area (Å²) in [6, 6.07) is 0. The Labute approximate surface area is 122 Å². The van der Waals surface area contributed by atoms with Crippen LogP contribution in [0.15, 0.2) is 0 Å². The standard InChI is InChI=1S/C16H21BrO2/c17-14-9-5-2-1-4-8(9)13-12-10(14)6-3-7-11(12)15(18)16(13)19/h8-14H,1-7H2. The Balaban J connectivity index is 1.77. The van der Waals surface area contributed by atoms with Crippen molar-refractivity contribution in [3.05, 3.63) is 0 Å². The zero-order chi connectivity index (χ0) is 13.1. The molecule has 4 aliphatic carbocycles. The molecule has 0 amide bonds. The SMILES string of the molecule is O=C1C(=O)C2C3CCCCC3C(Br)C3CCCC1C32. The van der Waals surface area contributed by atoms with Crippen molar-refractivity contribution < 1.29 is 9.59 Å². The molecule has 0 N–H and O–H groups in total. The summed E-state index contributed by atoms with van der Waals surface area (Å²) >= 11 is 3.97. The lowest BCUT2D eigenvalue weighted by atomic mass is 9.55. The van der Waals surface area contributed by atoms with Gasteiger partial charge in [-0.2, -0.15) is 0 Å². The number of rotatable bonds is 0. The van der Waals surface area contributed by atoms with Gasteiger partial charge >= 0.3 is 0 Å². The zero-order valence-corrected chi connectivity index (χ0v) is 12.8. The molecule has 4 saturated carbocycles. The number of hydrogen-bond donors (Lipinski definition) is 0. The van der Waals surface area contributed by atoms with Crippen molar-refractivity contribution >= 4 is 27.5 Å². The van der Waals surface area contributed by atoms with Crippen LogP contribution in [0, 0.1) is 35.5 Å². The van der Waals surface area contributed by atoms with E-state index in [1.807, 2.05) is 0 Å². The van der Waals surface area contributed by atoms with E-state index in [1.165, 1.54) is 32.1 Å². The van der Waals surface area contributed by atoms with E-state index in [9.17, 15) is 9.59 Å². The number of fused-ring (bicyclic) bond motifs is 2. The molecule has 19 heavy (non-hydrogen) atoms. The Morgan fingerprint density at radius 2 is 1.47 bits per heavy atom. The van der Waals surface area contributed by atoms with Gasteiger partial charge in [0.2, 0.25) is 11.6 Å². The highest BCUT2D eigenvalue weighted by Crippen LogP contribution is 2.60. The van der Waals surface area contributed by atoms with Gasteiger partial charge in [0, 0.05) is 16.7 Å². The maximum Gasteiger partial charge on any atom is 0.202 e. The lowest BCUT2D eigenvalue weighted by molar-refractivity contribution is -0.138. The van der Waals surface area contributed by atoms with E-state index in [0.29, 0.717) is 28.5 Å². The first kappa shape index (κ1) is 12.6. The van der Waals surface area contributed by atoms with Crippen molar-refractivity contribution in [3.8, 4) is 0 Å². The molecule has 0 aliphatic heterocycles. The molecule has 0 bridgehead atoms. The summed E-state index contributed by atoms with van der Waals surface area (Å²) in [4.78, 5) is 25.3. The number of alkyl halides is 1. The molecule has 0 radical (unpaired) electrons. The summed E-state index contributed by atoms with van der Waals surface area (Å²) in [5.74, 6) is 2.30. The van der Waals surface area contributed by atoms with Crippen molar-refractivity contribution in [1.82, 2.24) is 0 Å². The molecule has 7 atom stereocenters. The Morgan fingerprint density at radius 1 is 0.789 bits per heavy atom. The maximum absolute atomic E-state index is 12.5. The van der Waals surface area contributed by atoms with Crippen molar-refractivity contribution in [2.45, 2.75) is 49.8 Å². The number of hydrogen-bond acceptors (Lipinski definition) is 2. The van der Waals surface area contributed by atoms with Crippen LogP contribution in [0.4, 0.5) is 0 Å². The molecule has 0 heterocycles. The van der Waals surface area contributed by atoms with E-state index in [0.717, 1.165) is 12.8 Å². The summed E-state index contributed by atoms with van der Waals surface area (Å²) in [5.41, 5.74) is 0. The van der Waals surface area contributed by atoms with E-state index in [2.05, 4.69) is 15.9 Å². The average molecular weight is 325 g/mol. The Morgan fingerprint density at radius 3 is 2.26 bits per heavy atom. The molecule has 0 aromatic carbocycles. The smallest absolute Gasteiger partial charge is 0.202 e. The highest BCUT2D eigenvalue weighted by atomic mass is 79.9. The molecular weight excluding hydrogens is 304 g/mol. The van der Waals surface area contributed by atoms with Crippen LogP contribution in [0.5, 0.6) is 0 Å². The van der Waals surface area contributed by atoms with Gasteiger partial charge in [0.15, 0.2) is 0 Å². The van der Waals surface area contributed by atoms with Gasteiger partial charge in [-0.25, -0.2) is 0 Å².